The average Bonchev–Trinajstić information content (AvgIpc) is 3.05. The Morgan fingerprint density at radius 2 is 2.45 bits per heavy atom. The molecule has 2 heterocycles. The Hall–Kier alpha value is -1.08. The van der Waals surface area contributed by atoms with Crippen molar-refractivity contribution in [3.63, 3.8) is 0 Å². The largest absolute Gasteiger partial charge is 0.349 e. The fourth-order valence-corrected chi connectivity index (χ4v) is 3.68. The van der Waals surface area contributed by atoms with Crippen LogP contribution in [0.2, 0.25) is 0 Å². The van der Waals surface area contributed by atoms with Gasteiger partial charge in [-0.15, -0.1) is 11.3 Å². The highest BCUT2D eigenvalue weighted by molar-refractivity contribution is 7.97. The number of nitrogens with zero attached hydrogens (tertiary/aromatic N) is 2. The first-order valence-corrected chi connectivity index (χ1v) is 8.88. The van der Waals surface area contributed by atoms with Crippen molar-refractivity contribution in [2.24, 2.45) is 0 Å². The van der Waals surface area contributed by atoms with Gasteiger partial charge in [0.25, 0.3) is 0 Å². The molecule has 2 amide bonds. The third-order valence-electron chi connectivity index (χ3n) is 3.27. The van der Waals surface area contributed by atoms with Crippen molar-refractivity contribution in [1.29, 1.82) is 0 Å². The Kier molecular flexibility index (Phi) is 5.42. The standard InChI is InChI=1S/C13H19N3O2S2/c1-9(16-5-3-4-12(16)17)13(18)14-6-10-7-20-11(15-10)8-19-2/h7,9H,3-6,8H2,1-2H3,(H,14,18)/t9-/m0/s1. The monoisotopic (exact) mass is 313 g/mol. The minimum Gasteiger partial charge on any atom is -0.349 e. The minimum atomic E-state index is -0.394. The van der Waals surface area contributed by atoms with E-state index in [4.69, 9.17) is 0 Å². The van der Waals surface area contributed by atoms with Crippen LogP contribution in [0.1, 0.15) is 30.5 Å². The van der Waals surface area contributed by atoms with Gasteiger partial charge < -0.3 is 10.2 Å². The molecule has 20 heavy (non-hydrogen) atoms. The maximum atomic E-state index is 12.0. The number of aromatic nitrogens is 1. The van der Waals surface area contributed by atoms with E-state index in [0.29, 0.717) is 19.5 Å². The predicted molar refractivity (Wildman–Crippen MR) is 81.6 cm³/mol. The highest BCUT2D eigenvalue weighted by atomic mass is 32.2. The summed E-state index contributed by atoms with van der Waals surface area (Å²) in [4.78, 5) is 29.7. The third-order valence-corrected chi connectivity index (χ3v) is 4.91. The van der Waals surface area contributed by atoms with E-state index in [1.165, 1.54) is 0 Å². The third kappa shape index (κ3) is 3.73. The summed E-state index contributed by atoms with van der Waals surface area (Å²) in [6.07, 6.45) is 3.44. The first-order valence-electron chi connectivity index (χ1n) is 6.61. The number of carbonyl (C=O) groups excluding carboxylic acids is 2. The van der Waals surface area contributed by atoms with Gasteiger partial charge in [0.2, 0.25) is 11.8 Å². The fourth-order valence-electron chi connectivity index (χ4n) is 2.17. The first-order chi connectivity index (χ1) is 9.61. The van der Waals surface area contributed by atoms with Gasteiger partial charge in [-0.3, -0.25) is 9.59 Å². The van der Waals surface area contributed by atoms with Gasteiger partial charge in [-0.1, -0.05) is 0 Å². The molecular formula is C13H19N3O2S2. The average molecular weight is 313 g/mol. The van der Waals surface area contributed by atoms with E-state index in [1.807, 2.05) is 11.6 Å². The molecule has 1 atom stereocenters. The molecule has 0 bridgehead atoms. The highest BCUT2D eigenvalue weighted by Gasteiger charge is 2.29. The van der Waals surface area contributed by atoms with Crippen LogP contribution in [0.15, 0.2) is 5.38 Å². The molecule has 2 rings (SSSR count). The van der Waals surface area contributed by atoms with Gasteiger partial charge in [-0.05, 0) is 19.6 Å². The highest BCUT2D eigenvalue weighted by Crippen LogP contribution is 2.16. The van der Waals surface area contributed by atoms with Gasteiger partial charge in [0.15, 0.2) is 0 Å². The lowest BCUT2D eigenvalue weighted by Crippen LogP contribution is -2.45. The van der Waals surface area contributed by atoms with Crippen LogP contribution in [0.4, 0.5) is 0 Å². The molecule has 0 saturated carbocycles. The number of thioether (sulfide) groups is 1. The molecule has 0 unspecified atom stereocenters. The molecule has 1 fully saturated rings. The van der Waals surface area contributed by atoms with Gasteiger partial charge in [0.1, 0.15) is 11.0 Å². The van der Waals surface area contributed by atoms with E-state index in [2.05, 4.69) is 10.3 Å². The summed E-state index contributed by atoms with van der Waals surface area (Å²) in [5.74, 6) is 0.861. The summed E-state index contributed by atoms with van der Waals surface area (Å²) in [5.41, 5.74) is 0.882. The summed E-state index contributed by atoms with van der Waals surface area (Å²) >= 11 is 3.34. The van der Waals surface area contributed by atoms with Crippen molar-refractivity contribution in [3.05, 3.63) is 16.1 Å². The summed E-state index contributed by atoms with van der Waals surface area (Å²) in [6, 6.07) is -0.394. The number of hydrogen-bond donors (Lipinski definition) is 1. The van der Waals surface area contributed by atoms with Crippen molar-refractivity contribution in [2.45, 2.75) is 38.1 Å². The quantitative estimate of drug-likeness (QED) is 0.867. The smallest absolute Gasteiger partial charge is 0.242 e. The normalized spacial score (nSPS) is 16.5. The lowest BCUT2D eigenvalue weighted by molar-refractivity contribution is -0.136. The molecule has 1 aromatic heterocycles. The number of likely N-dealkylation sites (tertiary alicyclic amines) is 1. The number of hydrogen-bond acceptors (Lipinski definition) is 5. The summed E-state index contributed by atoms with van der Waals surface area (Å²) < 4.78 is 0. The maximum Gasteiger partial charge on any atom is 0.242 e. The molecular weight excluding hydrogens is 294 g/mol. The lowest BCUT2D eigenvalue weighted by Gasteiger charge is -2.23. The molecule has 0 spiro atoms. The van der Waals surface area contributed by atoms with Crippen molar-refractivity contribution >= 4 is 34.9 Å². The molecule has 1 aromatic rings. The predicted octanol–water partition coefficient (Wildman–Crippen LogP) is 1.63. The van der Waals surface area contributed by atoms with E-state index in [-0.39, 0.29) is 11.8 Å². The molecule has 0 aromatic carbocycles. The van der Waals surface area contributed by atoms with Crippen LogP contribution in [-0.2, 0) is 21.9 Å². The number of thiazole rings is 1. The van der Waals surface area contributed by atoms with Gasteiger partial charge in [0.05, 0.1) is 12.2 Å². The zero-order valence-electron chi connectivity index (χ0n) is 11.7. The topological polar surface area (TPSA) is 62.3 Å². The van der Waals surface area contributed by atoms with E-state index >= 15 is 0 Å². The molecule has 7 heteroatoms. The van der Waals surface area contributed by atoms with E-state index in [9.17, 15) is 9.59 Å². The summed E-state index contributed by atoms with van der Waals surface area (Å²) in [7, 11) is 0. The second-order valence-corrected chi connectivity index (χ2v) is 6.56. The zero-order chi connectivity index (χ0) is 14.5. The second kappa shape index (κ2) is 7.08. The second-order valence-electron chi connectivity index (χ2n) is 4.75. The van der Waals surface area contributed by atoms with Crippen LogP contribution in [0.3, 0.4) is 0 Å². The molecule has 1 saturated heterocycles. The zero-order valence-corrected chi connectivity index (χ0v) is 13.4. The van der Waals surface area contributed by atoms with Gasteiger partial charge in [-0.25, -0.2) is 4.98 Å². The van der Waals surface area contributed by atoms with Crippen molar-refractivity contribution in [2.75, 3.05) is 12.8 Å². The fraction of sp³-hybridized carbons (Fsp3) is 0.615. The van der Waals surface area contributed by atoms with Gasteiger partial charge >= 0.3 is 0 Å². The Bertz CT molecular complexity index is 490. The van der Waals surface area contributed by atoms with Crippen LogP contribution in [0.25, 0.3) is 0 Å². The Morgan fingerprint density at radius 3 is 3.10 bits per heavy atom. The van der Waals surface area contributed by atoms with Crippen LogP contribution in [0, 0.1) is 0 Å². The molecule has 1 aliphatic rings. The molecule has 1 N–H and O–H groups in total. The Balaban J connectivity index is 1.83. The van der Waals surface area contributed by atoms with Crippen molar-refractivity contribution < 1.29 is 9.59 Å². The summed E-state index contributed by atoms with van der Waals surface area (Å²) in [6.45, 7) is 2.89. The van der Waals surface area contributed by atoms with E-state index in [0.717, 1.165) is 22.9 Å². The number of amides is 2. The molecule has 5 nitrogen and oxygen atoms in total. The minimum absolute atomic E-state index is 0.0727. The van der Waals surface area contributed by atoms with Crippen LogP contribution in [0.5, 0.6) is 0 Å². The SMILES string of the molecule is CSCc1nc(CNC(=O)[C@H](C)N2CCCC2=O)cs1. The Labute approximate surface area is 127 Å². The van der Waals surface area contributed by atoms with E-state index in [1.54, 1.807) is 34.9 Å². The first kappa shape index (κ1) is 15.3. The van der Waals surface area contributed by atoms with E-state index < -0.39 is 6.04 Å². The molecule has 0 radical (unpaired) electrons. The van der Waals surface area contributed by atoms with Crippen LogP contribution < -0.4 is 5.32 Å². The molecule has 1 aliphatic heterocycles. The maximum absolute atomic E-state index is 12.0. The molecule has 110 valence electrons. The molecule has 0 aliphatic carbocycles. The lowest BCUT2D eigenvalue weighted by atomic mass is 10.2. The number of carbonyl (C=O) groups is 2. The number of rotatable bonds is 6. The number of nitrogens with one attached hydrogen (secondary N) is 1. The van der Waals surface area contributed by atoms with Crippen molar-refractivity contribution in [3.8, 4) is 0 Å². The van der Waals surface area contributed by atoms with Gasteiger partial charge in [0, 0.05) is 24.1 Å². The Morgan fingerprint density at radius 1 is 1.65 bits per heavy atom. The van der Waals surface area contributed by atoms with Crippen LogP contribution in [-0.4, -0.2) is 40.5 Å². The van der Waals surface area contributed by atoms with Crippen molar-refractivity contribution in [1.82, 2.24) is 15.2 Å². The van der Waals surface area contributed by atoms with Crippen LogP contribution >= 0.6 is 23.1 Å². The van der Waals surface area contributed by atoms with Gasteiger partial charge in [-0.2, -0.15) is 11.8 Å². The summed E-state index contributed by atoms with van der Waals surface area (Å²) in [5, 5.41) is 5.90.